The first-order valence-electron chi connectivity index (χ1n) is 8.75. The molecule has 7 nitrogen and oxygen atoms in total. The van der Waals surface area contributed by atoms with Gasteiger partial charge in [0.2, 0.25) is 11.8 Å². The smallest absolute Gasteiger partial charge is 0.240 e. The number of nitrogens with zero attached hydrogens (tertiary/aromatic N) is 3. The zero-order valence-corrected chi connectivity index (χ0v) is 17.8. The van der Waals surface area contributed by atoms with E-state index in [2.05, 4.69) is 15.5 Å². The summed E-state index contributed by atoms with van der Waals surface area (Å²) in [7, 11) is 3.88. The van der Waals surface area contributed by atoms with Crippen LogP contribution in [0, 0.1) is 5.41 Å². The third-order valence-corrected chi connectivity index (χ3v) is 4.81. The van der Waals surface area contributed by atoms with Gasteiger partial charge in [0, 0.05) is 6.42 Å². The Hall–Kier alpha value is -0.890. The van der Waals surface area contributed by atoms with Crippen LogP contribution in [0.5, 0.6) is 0 Å². The first-order valence-corrected chi connectivity index (χ1v) is 8.75. The number of nitrogens with one attached hydrogen (secondary N) is 1. The number of rotatable bonds is 7. The molecule has 0 aliphatic heterocycles. The van der Waals surface area contributed by atoms with E-state index in [-0.39, 0.29) is 36.1 Å². The minimum atomic E-state index is -0.671. The van der Waals surface area contributed by atoms with Crippen molar-refractivity contribution in [3.63, 3.8) is 0 Å². The van der Waals surface area contributed by atoms with E-state index in [1.807, 2.05) is 32.8 Å². The maximum Gasteiger partial charge on any atom is 0.240 e. The first kappa shape index (κ1) is 25.1. The van der Waals surface area contributed by atoms with Gasteiger partial charge in [0.1, 0.15) is 0 Å². The van der Waals surface area contributed by atoms with Crippen LogP contribution in [0.2, 0.25) is 0 Å². The van der Waals surface area contributed by atoms with Gasteiger partial charge in [0.15, 0.2) is 5.82 Å². The molecular weight excluding hydrogens is 377 g/mol. The van der Waals surface area contributed by atoms with Gasteiger partial charge in [-0.15, -0.1) is 24.8 Å². The van der Waals surface area contributed by atoms with Gasteiger partial charge in [-0.05, 0) is 52.7 Å². The van der Waals surface area contributed by atoms with E-state index in [4.69, 9.17) is 10.3 Å². The van der Waals surface area contributed by atoms with Gasteiger partial charge in [-0.1, -0.05) is 24.4 Å². The molecule has 0 atom stereocenters. The number of carbonyl (C=O) groups is 1. The lowest BCUT2D eigenvalue weighted by Gasteiger charge is -2.36. The van der Waals surface area contributed by atoms with Gasteiger partial charge in [-0.3, -0.25) is 4.79 Å². The highest BCUT2D eigenvalue weighted by Gasteiger charge is 2.35. The van der Waals surface area contributed by atoms with Crippen LogP contribution in [0.25, 0.3) is 0 Å². The van der Waals surface area contributed by atoms with E-state index in [0.717, 1.165) is 25.7 Å². The standard InChI is InChI=1S/C17H31N5O2.2ClH/c1-16(2,15-19-14(24-21-15)11-22(3)4)20-13(23)10-17(12-18)8-6-5-7-9-17;;/h5-12,18H2,1-4H3,(H,20,23);2*1H. The van der Waals surface area contributed by atoms with E-state index < -0.39 is 5.54 Å². The average Bonchev–Trinajstić information content (AvgIpc) is 2.96. The summed E-state index contributed by atoms with van der Waals surface area (Å²) in [5.41, 5.74) is 5.27. The largest absolute Gasteiger partial charge is 0.344 e. The van der Waals surface area contributed by atoms with Crippen molar-refractivity contribution >= 4 is 30.7 Å². The summed E-state index contributed by atoms with van der Waals surface area (Å²) in [5, 5.41) is 7.08. The normalized spacial score (nSPS) is 16.5. The lowest BCUT2D eigenvalue weighted by atomic mass is 9.71. The summed E-state index contributed by atoms with van der Waals surface area (Å²) < 4.78 is 5.26. The molecule has 1 heterocycles. The van der Waals surface area contributed by atoms with Gasteiger partial charge in [-0.2, -0.15) is 4.98 Å². The van der Waals surface area contributed by atoms with Gasteiger partial charge >= 0.3 is 0 Å². The van der Waals surface area contributed by atoms with E-state index in [1.165, 1.54) is 6.42 Å². The maximum atomic E-state index is 12.6. The summed E-state index contributed by atoms with van der Waals surface area (Å²) in [4.78, 5) is 18.9. The van der Waals surface area contributed by atoms with Crippen molar-refractivity contribution in [3.05, 3.63) is 11.7 Å². The van der Waals surface area contributed by atoms with Crippen LogP contribution < -0.4 is 11.1 Å². The van der Waals surface area contributed by atoms with Gasteiger partial charge in [0.25, 0.3) is 0 Å². The number of aromatic nitrogens is 2. The van der Waals surface area contributed by atoms with Crippen molar-refractivity contribution in [1.82, 2.24) is 20.4 Å². The third-order valence-electron chi connectivity index (χ3n) is 4.81. The number of amides is 1. The molecule has 3 N–H and O–H groups in total. The first-order chi connectivity index (χ1) is 11.3. The molecular formula is C17H33Cl2N5O2. The van der Waals surface area contributed by atoms with E-state index in [9.17, 15) is 4.79 Å². The lowest BCUT2D eigenvalue weighted by molar-refractivity contribution is -0.125. The highest BCUT2D eigenvalue weighted by Crippen LogP contribution is 2.38. The Labute approximate surface area is 168 Å². The van der Waals surface area contributed by atoms with Gasteiger partial charge < -0.3 is 20.5 Å². The van der Waals surface area contributed by atoms with Gasteiger partial charge in [-0.25, -0.2) is 0 Å². The fourth-order valence-corrected chi connectivity index (χ4v) is 3.39. The van der Waals surface area contributed by atoms with E-state index in [0.29, 0.717) is 31.2 Å². The Morgan fingerprint density at radius 2 is 1.88 bits per heavy atom. The van der Waals surface area contributed by atoms with Crippen LogP contribution in [0.4, 0.5) is 0 Å². The SMILES string of the molecule is CN(C)Cc1nc(C(C)(C)NC(=O)CC2(CN)CCCCC2)no1.Cl.Cl. The number of hydrogen-bond acceptors (Lipinski definition) is 6. The molecule has 1 aliphatic rings. The van der Waals surface area contributed by atoms with Crippen molar-refractivity contribution in [3.8, 4) is 0 Å². The number of hydrogen-bond donors (Lipinski definition) is 2. The Bertz CT molecular complexity index is 557. The second-order valence-corrected chi connectivity index (χ2v) is 7.86. The van der Waals surface area contributed by atoms with Crippen LogP contribution in [0.3, 0.4) is 0 Å². The van der Waals surface area contributed by atoms with E-state index >= 15 is 0 Å². The average molecular weight is 410 g/mol. The summed E-state index contributed by atoms with van der Waals surface area (Å²) >= 11 is 0. The molecule has 1 fully saturated rings. The maximum absolute atomic E-state index is 12.6. The summed E-state index contributed by atoms with van der Waals surface area (Å²) in [6.07, 6.45) is 6.10. The molecule has 1 saturated carbocycles. The topological polar surface area (TPSA) is 97.3 Å². The van der Waals surface area contributed by atoms with Crippen LogP contribution in [-0.4, -0.2) is 41.6 Å². The van der Waals surface area contributed by atoms with Gasteiger partial charge in [0.05, 0.1) is 12.1 Å². The number of halogens is 2. The molecule has 0 radical (unpaired) electrons. The fraction of sp³-hybridized carbons (Fsp3) is 0.824. The van der Waals surface area contributed by atoms with Crippen LogP contribution in [0.1, 0.15) is 64.1 Å². The molecule has 1 aromatic heterocycles. The Morgan fingerprint density at radius 3 is 2.42 bits per heavy atom. The monoisotopic (exact) mass is 409 g/mol. The molecule has 1 amide bonds. The second-order valence-electron chi connectivity index (χ2n) is 7.86. The molecule has 0 aromatic carbocycles. The predicted molar refractivity (Wildman–Crippen MR) is 107 cm³/mol. The molecule has 152 valence electrons. The number of carbonyl (C=O) groups excluding carboxylic acids is 1. The summed E-state index contributed by atoms with van der Waals surface area (Å²) in [6, 6.07) is 0. The predicted octanol–water partition coefficient (Wildman–Crippen LogP) is 2.63. The Balaban J connectivity index is 0.00000312. The quantitative estimate of drug-likeness (QED) is 0.717. The molecule has 1 aliphatic carbocycles. The minimum absolute atomic E-state index is 0. The van der Waals surface area contributed by atoms with Crippen molar-refractivity contribution < 1.29 is 9.32 Å². The summed E-state index contributed by atoms with van der Waals surface area (Å²) in [5.74, 6) is 1.05. The molecule has 9 heteroatoms. The van der Waals surface area contributed by atoms with Crippen molar-refractivity contribution in [1.29, 1.82) is 0 Å². The van der Waals surface area contributed by atoms with Crippen molar-refractivity contribution in [2.75, 3.05) is 20.6 Å². The highest BCUT2D eigenvalue weighted by atomic mass is 35.5. The molecule has 2 rings (SSSR count). The van der Waals surface area contributed by atoms with Crippen LogP contribution >= 0.6 is 24.8 Å². The zero-order chi connectivity index (χ0) is 17.8. The molecule has 1 aromatic rings. The van der Waals surface area contributed by atoms with E-state index in [1.54, 1.807) is 0 Å². The van der Waals surface area contributed by atoms with Crippen LogP contribution in [0.15, 0.2) is 4.52 Å². The summed E-state index contributed by atoms with van der Waals surface area (Å²) in [6.45, 7) is 4.93. The lowest BCUT2D eigenvalue weighted by Crippen LogP contribution is -2.45. The molecule has 0 unspecified atom stereocenters. The molecule has 26 heavy (non-hydrogen) atoms. The van der Waals surface area contributed by atoms with Crippen molar-refractivity contribution in [2.45, 2.75) is 64.5 Å². The molecule has 0 bridgehead atoms. The van der Waals surface area contributed by atoms with Crippen molar-refractivity contribution in [2.24, 2.45) is 11.1 Å². The third kappa shape index (κ3) is 6.68. The Morgan fingerprint density at radius 1 is 1.27 bits per heavy atom. The second kappa shape index (κ2) is 10.4. The fourth-order valence-electron chi connectivity index (χ4n) is 3.39. The Kier molecular flexibility index (Phi) is 10.1. The number of nitrogens with two attached hydrogens (primary N) is 1. The molecule has 0 saturated heterocycles. The highest BCUT2D eigenvalue weighted by molar-refractivity contribution is 5.85. The van der Waals surface area contributed by atoms with Crippen LogP contribution in [-0.2, 0) is 16.9 Å². The zero-order valence-electron chi connectivity index (χ0n) is 16.2. The minimum Gasteiger partial charge on any atom is -0.344 e. The molecule has 0 spiro atoms.